The third kappa shape index (κ3) is 3.45. The fourth-order valence-electron chi connectivity index (χ4n) is 1.49. The number of amides is 1. The van der Waals surface area contributed by atoms with E-state index in [2.05, 4.69) is 27.3 Å². The fraction of sp³-hybridized carbons (Fsp3) is 0.182. The molecule has 5 nitrogen and oxygen atoms in total. The van der Waals surface area contributed by atoms with E-state index in [1.54, 1.807) is 13.0 Å². The topological polar surface area (TPSA) is 75.1 Å². The molecular weight excluding hydrogens is 327 g/mol. The van der Waals surface area contributed by atoms with E-state index in [4.69, 9.17) is 0 Å². The maximum atomic E-state index is 12.4. The average molecular weight is 335 g/mol. The number of nitrogens with zero attached hydrogens (tertiary/aromatic N) is 2. The van der Waals surface area contributed by atoms with Crippen molar-refractivity contribution in [3.63, 3.8) is 0 Å². The van der Waals surface area contributed by atoms with Crippen LogP contribution in [0.2, 0.25) is 0 Å². The fourth-order valence-corrected chi connectivity index (χ4v) is 2.39. The lowest BCUT2D eigenvalue weighted by Gasteiger charge is -2.07. The maximum absolute atomic E-state index is 12.4. The van der Waals surface area contributed by atoms with Gasteiger partial charge in [0.05, 0.1) is 5.56 Å². The Morgan fingerprint density at radius 3 is 2.67 bits per heavy atom. The van der Waals surface area contributed by atoms with Gasteiger partial charge in [-0.2, -0.15) is 22.5 Å². The number of aromatic nitrogens is 2. The monoisotopic (exact) mass is 335 g/mol. The molecule has 2 aromatic rings. The van der Waals surface area contributed by atoms with Crippen LogP contribution in [0, 0.1) is 6.92 Å². The number of alkyl halides is 3. The van der Waals surface area contributed by atoms with Crippen LogP contribution in [0.4, 0.5) is 18.3 Å². The molecule has 0 bridgehead atoms. The number of nitrogens with one attached hydrogen (secondary N) is 1. The van der Waals surface area contributed by atoms with E-state index in [0.29, 0.717) is 22.0 Å². The van der Waals surface area contributed by atoms with E-state index in [-0.39, 0.29) is 16.4 Å². The number of thiol groups is 1. The Balaban J connectivity index is 2.25. The van der Waals surface area contributed by atoms with Gasteiger partial charge in [0.2, 0.25) is 11.0 Å². The lowest BCUT2D eigenvalue weighted by atomic mass is 10.1. The number of hydrogen-bond donors (Lipinski definition) is 3. The number of aryl methyl sites for hydroxylation is 1. The Hall–Kier alpha value is -1.81. The standard InChI is InChI=1S/C11H8F3N3O2S2/c1-4-2-5(20)3-6(7(4)18)8(19)15-10-16-9(17-21-10)11(12,13)14/h2-3,18,20H,1H3,(H,15,16,17,19). The van der Waals surface area contributed by atoms with Crippen molar-refractivity contribution >= 4 is 35.2 Å². The van der Waals surface area contributed by atoms with Crippen LogP contribution < -0.4 is 5.32 Å². The van der Waals surface area contributed by atoms with Crippen molar-refractivity contribution in [3.8, 4) is 5.75 Å². The van der Waals surface area contributed by atoms with Gasteiger partial charge in [0.25, 0.3) is 5.91 Å². The molecule has 1 amide bonds. The van der Waals surface area contributed by atoms with Gasteiger partial charge in [-0.25, -0.2) is 0 Å². The highest BCUT2D eigenvalue weighted by molar-refractivity contribution is 7.80. The SMILES string of the molecule is Cc1cc(S)cc(C(=O)Nc2nc(C(F)(F)F)ns2)c1O. The minimum absolute atomic E-state index is 0.108. The Morgan fingerprint density at radius 1 is 1.43 bits per heavy atom. The van der Waals surface area contributed by atoms with Crippen molar-refractivity contribution < 1.29 is 23.1 Å². The second-order valence-corrected chi connectivity index (χ2v) is 5.30. The first-order valence-electron chi connectivity index (χ1n) is 5.43. The van der Waals surface area contributed by atoms with Gasteiger partial charge in [0.15, 0.2) is 0 Å². The van der Waals surface area contributed by atoms with Crippen molar-refractivity contribution in [1.82, 2.24) is 9.36 Å². The first-order chi connectivity index (χ1) is 9.68. The van der Waals surface area contributed by atoms with Gasteiger partial charge < -0.3 is 5.11 Å². The third-order valence-corrected chi connectivity index (χ3v) is 3.32. The summed E-state index contributed by atoms with van der Waals surface area (Å²) in [5.41, 5.74) is 0.310. The summed E-state index contributed by atoms with van der Waals surface area (Å²) in [5.74, 6) is -2.40. The quantitative estimate of drug-likeness (QED) is 0.737. The van der Waals surface area contributed by atoms with Gasteiger partial charge in [-0.15, -0.1) is 12.6 Å². The number of hydrogen-bond acceptors (Lipinski definition) is 6. The summed E-state index contributed by atoms with van der Waals surface area (Å²) < 4.78 is 40.2. The number of rotatable bonds is 2. The zero-order valence-corrected chi connectivity index (χ0v) is 12.1. The molecule has 1 aromatic heterocycles. The molecule has 10 heteroatoms. The molecule has 0 unspecified atom stereocenters. The molecule has 0 atom stereocenters. The first kappa shape index (κ1) is 15.6. The molecule has 0 saturated heterocycles. The molecule has 112 valence electrons. The number of benzene rings is 1. The highest BCUT2D eigenvalue weighted by atomic mass is 32.1. The summed E-state index contributed by atoms with van der Waals surface area (Å²) in [5, 5.41) is 11.6. The summed E-state index contributed by atoms with van der Waals surface area (Å²) in [6.45, 7) is 1.57. The number of phenols is 1. The number of carbonyl (C=O) groups is 1. The largest absolute Gasteiger partial charge is 0.507 e. The Morgan fingerprint density at radius 2 is 2.10 bits per heavy atom. The number of halogens is 3. The van der Waals surface area contributed by atoms with Gasteiger partial charge in [-0.05, 0) is 24.6 Å². The molecule has 21 heavy (non-hydrogen) atoms. The normalized spacial score (nSPS) is 11.5. The molecule has 0 fully saturated rings. The van der Waals surface area contributed by atoms with E-state index >= 15 is 0 Å². The summed E-state index contributed by atoms with van der Waals surface area (Å²) in [6, 6.07) is 2.84. The van der Waals surface area contributed by atoms with Crippen LogP contribution >= 0.6 is 24.2 Å². The van der Waals surface area contributed by atoms with Gasteiger partial charge in [0, 0.05) is 16.4 Å². The smallest absolute Gasteiger partial charge is 0.452 e. The number of aromatic hydroxyl groups is 1. The molecule has 0 aliphatic rings. The molecule has 1 aromatic carbocycles. The summed E-state index contributed by atoms with van der Waals surface area (Å²) in [7, 11) is 0. The van der Waals surface area contributed by atoms with Crippen molar-refractivity contribution in [1.29, 1.82) is 0 Å². The highest BCUT2D eigenvalue weighted by Gasteiger charge is 2.36. The molecule has 2 rings (SSSR count). The zero-order valence-electron chi connectivity index (χ0n) is 10.4. The zero-order chi connectivity index (χ0) is 15.8. The average Bonchev–Trinajstić information content (AvgIpc) is 2.82. The van der Waals surface area contributed by atoms with Gasteiger partial charge in [-0.1, -0.05) is 0 Å². The van der Waals surface area contributed by atoms with Crippen LogP contribution in [0.25, 0.3) is 0 Å². The highest BCUT2D eigenvalue weighted by Crippen LogP contribution is 2.30. The van der Waals surface area contributed by atoms with Crippen molar-refractivity contribution in [3.05, 3.63) is 29.1 Å². The molecule has 0 saturated carbocycles. The number of phenolic OH excluding ortho intramolecular Hbond substituents is 1. The van der Waals surface area contributed by atoms with E-state index in [1.165, 1.54) is 6.07 Å². The van der Waals surface area contributed by atoms with E-state index in [1.807, 2.05) is 0 Å². The number of anilines is 1. The minimum Gasteiger partial charge on any atom is -0.507 e. The molecule has 0 spiro atoms. The van der Waals surface area contributed by atoms with Gasteiger partial charge in [-0.3, -0.25) is 10.1 Å². The molecule has 0 aliphatic heterocycles. The van der Waals surface area contributed by atoms with Crippen molar-refractivity contribution in [2.45, 2.75) is 18.0 Å². The van der Waals surface area contributed by atoms with E-state index < -0.39 is 17.9 Å². The van der Waals surface area contributed by atoms with Gasteiger partial charge >= 0.3 is 6.18 Å². The molecule has 0 aliphatic carbocycles. The van der Waals surface area contributed by atoms with Crippen LogP contribution in [0.15, 0.2) is 17.0 Å². The predicted octanol–water partition coefficient (Wildman–Crippen LogP) is 3.11. The van der Waals surface area contributed by atoms with Crippen LogP contribution in [-0.2, 0) is 6.18 Å². The van der Waals surface area contributed by atoms with Crippen LogP contribution in [0.1, 0.15) is 21.7 Å². The molecule has 0 radical (unpaired) electrons. The predicted molar refractivity (Wildman–Crippen MR) is 73.0 cm³/mol. The molecular formula is C11H8F3N3O2S2. The van der Waals surface area contributed by atoms with Crippen LogP contribution in [0.5, 0.6) is 5.75 Å². The maximum Gasteiger partial charge on any atom is 0.452 e. The summed E-state index contributed by atoms with van der Waals surface area (Å²) in [6.07, 6.45) is -4.68. The Bertz CT molecular complexity index is 701. The minimum atomic E-state index is -4.68. The molecule has 2 N–H and O–H groups in total. The second-order valence-electron chi connectivity index (χ2n) is 4.03. The lowest BCUT2D eigenvalue weighted by molar-refractivity contribution is -0.144. The number of carbonyl (C=O) groups excluding carboxylic acids is 1. The van der Waals surface area contributed by atoms with Crippen LogP contribution in [-0.4, -0.2) is 20.4 Å². The van der Waals surface area contributed by atoms with E-state index in [0.717, 1.165) is 0 Å². The Kier molecular flexibility index (Phi) is 4.10. The van der Waals surface area contributed by atoms with Gasteiger partial charge in [0.1, 0.15) is 5.75 Å². The second kappa shape index (κ2) is 5.53. The lowest BCUT2D eigenvalue weighted by Crippen LogP contribution is -2.13. The summed E-state index contributed by atoms with van der Waals surface area (Å²) in [4.78, 5) is 15.6. The van der Waals surface area contributed by atoms with Crippen molar-refractivity contribution in [2.24, 2.45) is 0 Å². The first-order valence-corrected chi connectivity index (χ1v) is 6.65. The van der Waals surface area contributed by atoms with Crippen molar-refractivity contribution in [2.75, 3.05) is 5.32 Å². The molecule has 1 heterocycles. The third-order valence-electron chi connectivity index (χ3n) is 2.43. The Labute approximate surface area is 126 Å². The van der Waals surface area contributed by atoms with Crippen LogP contribution in [0.3, 0.4) is 0 Å². The summed E-state index contributed by atoms with van der Waals surface area (Å²) >= 11 is 4.47. The van der Waals surface area contributed by atoms with E-state index in [9.17, 15) is 23.1 Å².